The number of halogens is 1. The van der Waals surface area contributed by atoms with E-state index in [1.165, 1.54) is 0 Å². The van der Waals surface area contributed by atoms with Crippen LogP contribution in [0.25, 0.3) is 11.2 Å². The maximum atomic E-state index is 5.92. The minimum absolute atomic E-state index is 0.568. The number of fused-ring (bicyclic) bond motifs is 1. The molecule has 6 heteroatoms. The fraction of sp³-hybridized carbons (Fsp3) is 0.467. The third-order valence-corrected chi connectivity index (χ3v) is 3.87. The first kappa shape index (κ1) is 14.2. The van der Waals surface area contributed by atoms with Gasteiger partial charge in [0.1, 0.15) is 17.1 Å². The number of rotatable bonds is 6. The van der Waals surface area contributed by atoms with E-state index in [1.807, 2.05) is 23.9 Å². The second kappa shape index (κ2) is 5.93. The van der Waals surface area contributed by atoms with E-state index in [4.69, 9.17) is 21.0 Å². The lowest BCUT2D eigenvalue weighted by molar-refractivity contribution is 0.488. The summed E-state index contributed by atoms with van der Waals surface area (Å²) >= 11 is 5.92. The van der Waals surface area contributed by atoms with Gasteiger partial charge < -0.3 is 8.98 Å². The largest absolute Gasteiger partial charge is 0.469 e. The van der Waals surface area contributed by atoms with Crippen molar-refractivity contribution in [2.24, 2.45) is 7.05 Å². The Kier molecular flexibility index (Phi) is 4.01. The predicted octanol–water partition coefficient (Wildman–Crippen LogP) is 2.95. The number of aryl methyl sites for hydroxylation is 5. The van der Waals surface area contributed by atoms with Crippen LogP contribution in [0.5, 0.6) is 0 Å². The van der Waals surface area contributed by atoms with Crippen molar-refractivity contribution in [1.82, 2.24) is 19.3 Å². The molecule has 112 valence electrons. The molecule has 0 saturated heterocycles. The summed E-state index contributed by atoms with van der Waals surface area (Å²) < 4.78 is 9.55. The average molecular weight is 307 g/mol. The van der Waals surface area contributed by atoms with Crippen LogP contribution in [-0.4, -0.2) is 25.2 Å². The summed E-state index contributed by atoms with van der Waals surface area (Å²) in [5.41, 5.74) is 3.11. The monoisotopic (exact) mass is 306 g/mol. The van der Waals surface area contributed by atoms with Crippen LogP contribution in [0.15, 0.2) is 22.8 Å². The zero-order valence-corrected chi connectivity index (χ0v) is 13.1. The van der Waals surface area contributed by atoms with Crippen LogP contribution in [-0.2, 0) is 32.9 Å². The first-order valence-corrected chi connectivity index (χ1v) is 7.77. The van der Waals surface area contributed by atoms with E-state index in [2.05, 4.69) is 16.6 Å². The number of furan rings is 1. The Morgan fingerprint density at radius 2 is 2.19 bits per heavy atom. The smallest absolute Gasteiger partial charge is 0.158 e. The van der Waals surface area contributed by atoms with Gasteiger partial charge in [0.15, 0.2) is 5.65 Å². The van der Waals surface area contributed by atoms with Crippen molar-refractivity contribution in [2.45, 2.75) is 32.7 Å². The molecule has 0 aromatic carbocycles. The molecular weight excluding hydrogens is 288 g/mol. The lowest BCUT2D eigenvalue weighted by Gasteiger charge is -2.08. The van der Waals surface area contributed by atoms with E-state index >= 15 is 0 Å². The van der Waals surface area contributed by atoms with Gasteiger partial charge in [-0.3, -0.25) is 4.68 Å². The Labute approximate surface area is 128 Å². The molecule has 0 amide bonds. The number of aromatic nitrogens is 4. The third-order valence-electron chi connectivity index (χ3n) is 3.69. The molecule has 0 aliphatic rings. The molecule has 0 saturated carbocycles. The minimum atomic E-state index is 0.568. The lowest BCUT2D eigenvalue weighted by Crippen LogP contribution is -2.10. The maximum Gasteiger partial charge on any atom is 0.158 e. The molecule has 0 aliphatic heterocycles. The molecule has 5 nitrogen and oxygen atoms in total. The Bertz CT molecular complexity index is 727. The summed E-state index contributed by atoms with van der Waals surface area (Å²) in [7, 11) is 1.97. The molecule has 0 unspecified atom stereocenters. The molecule has 0 N–H and O–H groups in total. The van der Waals surface area contributed by atoms with Gasteiger partial charge in [0.05, 0.1) is 12.0 Å². The zero-order chi connectivity index (χ0) is 14.8. The van der Waals surface area contributed by atoms with E-state index in [9.17, 15) is 0 Å². The normalized spacial score (nSPS) is 11.6. The van der Waals surface area contributed by atoms with Crippen molar-refractivity contribution in [2.75, 3.05) is 5.88 Å². The average Bonchev–Trinajstić information content (AvgIpc) is 3.16. The van der Waals surface area contributed by atoms with Crippen molar-refractivity contribution >= 4 is 22.8 Å². The van der Waals surface area contributed by atoms with E-state index in [-0.39, 0.29) is 0 Å². The van der Waals surface area contributed by atoms with Gasteiger partial charge in [-0.2, -0.15) is 5.10 Å². The number of alkyl halides is 1. The van der Waals surface area contributed by atoms with Crippen LogP contribution >= 0.6 is 11.6 Å². The predicted molar refractivity (Wildman–Crippen MR) is 82.7 cm³/mol. The van der Waals surface area contributed by atoms with Gasteiger partial charge in [-0.25, -0.2) is 4.98 Å². The quantitative estimate of drug-likeness (QED) is 0.658. The highest BCUT2D eigenvalue weighted by Crippen LogP contribution is 2.21. The lowest BCUT2D eigenvalue weighted by atomic mass is 10.3. The van der Waals surface area contributed by atoms with Crippen molar-refractivity contribution in [1.29, 1.82) is 0 Å². The second-order valence-corrected chi connectivity index (χ2v) is 5.42. The minimum Gasteiger partial charge on any atom is -0.469 e. The number of imidazole rings is 1. The number of nitrogens with zero attached hydrogens (tertiary/aromatic N) is 4. The Balaban J connectivity index is 2.00. The van der Waals surface area contributed by atoms with Crippen LogP contribution < -0.4 is 0 Å². The summed E-state index contributed by atoms with van der Waals surface area (Å²) in [4.78, 5) is 4.76. The Morgan fingerprint density at radius 3 is 2.86 bits per heavy atom. The summed E-state index contributed by atoms with van der Waals surface area (Å²) in [6.07, 6.45) is 4.18. The molecule has 3 heterocycles. The topological polar surface area (TPSA) is 48.8 Å². The van der Waals surface area contributed by atoms with Crippen LogP contribution in [0.2, 0.25) is 0 Å². The van der Waals surface area contributed by atoms with Crippen LogP contribution in [0.4, 0.5) is 0 Å². The van der Waals surface area contributed by atoms with Gasteiger partial charge in [-0.05, 0) is 18.6 Å². The fourth-order valence-electron chi connectivity index (χ4n) is 2.71. The molecule has 0 fully saturated rings. The molecule has 0 atom stereocenters. The number of hydrogen-bond donors (Lipinski definition) is 0. The maximum absolute atomic E-state index is 5.92. The van der Waals surface area contributed by atoms with Crippen LogP contribution in [0.1, 0.15) is 24.2 Å². The highest BCUT2D eigenvalue weighted by molar-refractivity contribution is 6.17. The SMILES string of the molecule is CCc1nn(C)c2c1nc(CCCl)n2CCc1ccco1. The first-order chi connectivity index (χ1) is 10.2. The van der Waals surface area contributed by atoms with Crippen molar-refractivity contribution in [3.8, 4) is 0 Å². The molecule has 21 heavy (non-hydrogen) atoms. The fourth-order valence-corrected chi connectivity index (χ4v) is 2.88. The highest BCUT2D eigenvalue weighted by atomic mass is 35.5. The van der Waals surface area contributed by atoms with Gasteiger partial charge in [0.25, 0.3) is 0 Å². The molecule has 3 aromatic heterocycles. The molecule has 3 rings (SSSR count). The molecule has 0 aliphatic carbocycles. The molecule has 0 bridgehead atoms. The summed E-state index contributed by atoms with van der Waals surface area (Å²) in [5.74, 6) is 2.57. The van der Waals surface area contributed by atoms with Crippen LogP contribution in [0.3, 0.4) is 0 Å². The van der Waals surface area contributed by atoms with Gasteiger partial charge in [0.2, 0.25) is 0 Å². The van der Waals surface area contributed by atoms with Gasteiger partial charge in [0, 0.05) is 32.3 Å². The third kappa shape index (κ3) is 2.58. The van der Waals surface area contributed by atoms with E-state index in [1.54, 1.807) is 6.26 Å². The van der Waals surface area contributed by atoms with Crippen molar-refractivity contribution in [3.05, 3.63) is 35.7 Å². The van der Waals surface area contributed by atoms with E-state index in [0.29, 0.717) is 5.88 Å². The van der Waals surface area contributed by atoms with Crippen molar-refractivity contribution in [3.63, 3.8) is 0 Å². The summed E-state index contributed by atoms with van der Waals surface area (Å²) in [6, 6.07) is 3.91. The van der Waals surface area contributed by atoms with Crippen molar-refractivity contribution < 1.29 is 4.42 Å². The molecular formula is C15H19ClN4O. The molecule has 0 radical (unpaired) electrons. The molecule has 3 aromatic rings. The Hall–Kier alpha value is -1.75. The van der Waals surface area contributed by atoms with Gasteiger partial charge >= 0.3 is 0 Å². The summed E-state index contributed by atoms with van der Waals surface area (Å²) in [5, 5.41) is 4.55. The van der Waals surface area contributed by atoms with Gasteiger partial charge in [-0.1, -0.05) is 6.92 Å². The zero-order valence-electron chi connectivity index (χ0n) is 12.3. The summed E-state index contributed by atoms with van der Waals surface area (Å²) in [6.45, 7) is 2.92. The van der Waals surface area contributed by atoms with Crippen LogP contribution in [0, 0.1) is 0 Å². The standard InChI is InChI=1S/C15H19ClN4O/c1-3-12-14-15(19(2)18-12)20(13(17-14)6-8-16)9-7-11-5-4-10-21-11/h4-5,10H,3,6-9H2,1-2H3. The second-order valence-electron chi connectivity index (χ2n) is 5.04. The number of hydrogen-bond acceptors (Lipinski definition) is 3. The van der Waals surface area contributed by atoms with E-state index in [0.717, 1.165) is 54.2 Å². The highest BCUT2D eigenvalue weighted by Gasteiger charge is 2.18. The van der Waals surface area contributed by atoms with E-state index < -0.39 is 0 Å². The molecule has 0 spiro atoms. The van der Waals surface area contributed by atoms with Gasteiger partial charge in [-0.15, -0.1) is 11.6 Å². The first-order valence-electron chi connectivity index (χ1n) is 7.24. The Morgan fingerprint density at radius 1 is 1.33 bits per heavy atom.